The van der Waals surface area contributed by atoms with Gasteiger partial charge in [-0.25, -0.2) is 19.9 Å². The Bertz CT molecular complexity index is 4150. The van der Waals surface area contributed by atoms with Crippen LogP contribution >= 0.6 is 0 Å². The van der Waals surface area contributed by atoms with E-state index in [1.54, 1.807) is 0 Å². The molecule has 0 amide bonds. The molecule has 0 fully saturated rings. The van der Waals surface area contributed by atoms with Gasteiger partial charge in [0.1, 0.15) is 11.0 Å². The van der Waals surface area contributed by atoms with Crippen LogP contribution in [0.15, 0.2) is 227 Å². The van der Waals surface area contributed by atoms with Crippen LogP contribution in [0.25, 0.3) is 144 Å². The molecule has 0 bridgehead atoms. The van der Waals surface area contributed by atoms with E-state index in [9.17, 15) is 0 Å². The van der Waals surface area contributed by atoms with Crippen LogP contribution in [0, 0.1) is 0 Å². The van der Waals surface area contributed by atoms with Crippen molar-refractivity contribution >= 4 is 76.2 Å². The molecular formula is C62H36N4O2. The van der Waals surface area contributed by atoms with Crippen molar-refractivity contribution in [1.29, 1.82) is 0 Å². The zero-order valence-electron chi connectivity index (χ0n) is 36.4. The van der Waals surface area contributed by atoms with E-state index in [0.29, 0.717) is 17.6 Å². The fourth-order valence-corrected chi connectivity index (χ4v) is 10.0. The molecule has 0 N–H and O–H groups in total. The molecular weight excluding hydrogens is 833 g/mol. The second-order valence-corrected chi connectivity index (χ2v) is 17.3. The number of hydrogen-bond acceptors (Lipinski definition) is 6. The van der Waals surface area contributed by atoms with Crippen molar-refractivity contribution in [2.75, 3.05) is 0 Å². The first kappa shape index (κ1) is 38.1. The fourth-order valence-electron chi connectivity index (χ4n) is 10.0. The van der Waals surface area contributed by atoms with E-state index < -0.39 is 0 Å². The number of oxazole rings is 2. The lowest BCUT2D eigenvalue weighted by Gasteiger charge is -2.15. The lowest BCUT2D eigenvalue weighted by Crippen LogP contribution is -1.98. The Balaban J connectivity index is 0.929. The molecule has 0 saturated heterocycles. The van der Waals surface area contributed by atoms with E-state index in [1.165, 1.54) is 0 Å². The van der Waals surface area contributed by atoms with Gasteiger partial charge in [0.25, 0.3) is 0 Å². The summed E-state index contributed by atoms with van der Waals surface area (Å²) in [5, 5.41) is 9.78. The van der Waals surface area contributed by atoms with Gasteiger partial charge in [0, 0.05) is 54.7 Å². The Morgan fingerprint density at radius 3 is 1.18 bits per heavy atom. The number of fused-ring (bicyclic) bond motifs is 13. The van der Waals surface area contributed by atoms with Crippen LogP contribution in [0.4, 0.5) is 0 Å². The first-order valence-electron chi connectivity index (χ1n) is 22.8. The van der Waals surface area contributed by atoms with E-state index in [0.717, 1.165) is 126 Å². The van der Waals surface area contributed by atoms with E-state index in [2.05, 4.69) is 200 Å². The third-order valence-corrected chi connectivity index (χ3v) is 13.3. The molecule has 316 valence electrons. The Morgan fingerprint density at radius 1 is 0.250 bits per heavy atom. The first-order chi connectivity index (χ1) is 33.7. The maximum atomic E-state index is 6.65. The highest BCUT2D eigenvalue weighted by molar-refractivity contribution is 6.24. The minimum Gasteiger partial charge on any atom is -0.435 e. The van der Waals surface area contributed by atoms with Crippen molar-refractivity contribution in [3.8, 4) is 67.8 Å². The van der Waals surface area contributed by atoms with Crippen molar-refractivity contribution in [3.05, 3.63) is 218 Å². The highest BCUT2D eigenvalue weighted by Crippen LogP contribution is 2.42. The molecule has 11 aromatic carbocycles. The van der Waals surface area contributed by atoms with Gasteiger partial charge < -0.3 is 8.83 Å². The largest absolute Gasteiger partial charge is 0.435 e. The minimum atomic E-state index is 0.563. The van der Waals surface area contributed by atoms with Gasteiger partial charge in [-0.2, -0.15) is 0 Å². The van der Waals surface area contributed by atoms with Gasteiger partial charge in [-0.3, -0.25) is 0 Å². The Hall–Kier alpha value is -9.26. The van der Waals surface area contributed by atoms with Gasteiger partial charge in [-0.05, 0) is 74.6 Å². The van der Waals surface area contributed by atoms with Gasteiger partial charge in [-0.1, -0.05) is 182 Å². The number of aromatic nitrogens is 4. The molecule has 68 heavy (non-hydrogen) atoms. The molecule has 0 aliphatic carbocycles. The van der Waals surface area contributed by atoms with Crippen LogP contribution < -0.4 is 0 Å². The summed E-state index contributed by atoms with van der Waals surface area (Å²) in [7, 11) is 0. The highest BCUT2D eigenvalue weighted by Gasteiger charge is 2.21. The average Bonchev–Trinajstić information content (AvgIpc) is 4.09. The molecule has 0 saturated carbocycles. The topological polar surface area (TPSA) is 77.8 Å². The second-order valence-electron chi connectivity index (χ2n) is 17.3. The Labute approximate surface area is 389 Å². The molecule has 0 spiro atoms. The summed E-state index contributed by atoms with van der Waals surface area (Å²) in [6, 6.07) is 75.7. The summed E-state index contributed by atoms with van der Waals surface area (Å²) >= 11 is 0. The standard InChI is InChI=1S/C62H36N4O2/c1-3-15-37(16-4-1)43-35-52(38-17-5-2-6-18-38)55-53(36-43)54(39-27-31-41(32-28-39)61-65-56-48-23-11-7-19-44(48)46-21-9-13-25-50(46)58(56)67-61)63-60(64-55)40-29-33-42(34-30-40)62-66-57-49-24-12-8-20-45(49)47-22-10-14-26-51(47)59(57)68-62/h1-36H. The van der Waals surface area contributed by atoms with Crippen LogP contribution in [-0.4, -0.2) is 19.9 Å². The SMILES string of the molecule is c1ccc(-c2cc(-c3ccccc3)c3nc(-c4ccc(-c5nc6c7ccccc7c7ccccc7c6o5)cc4)nc(-c4ccc(-c5nc6c7ccccc7c7ccccc7c6o5)cc4)c3c2)cc1. The molecule has 0 radical (unpaired) electrons. The summed E-state index contributed by atoms with van der Waals surface area (Å²) in [6.45, 7) is 0. The van der Waals surface area contributed by atoms with Crippen LogP contribution in [-0.2, 0) is 0 Å². The maximum Gasteiger partial charge on any atom is 0.227 e. The first-order valence-corrected chi connectivity index (χ1v) is 22.8. The number of hydrogen-bond donors (Lipinski definition) is 0. The zero-order chi connectivity index (χ0) is 44.7. The molecule has 3 aromatic heterocycles. The maximum absolute atomic E-state index is 6.65. The predicted octanol–water partition coefficient (Wildman–Crippen LogP) is 16.5. The summed E-state index contributed by atoms with van der Waals surface area (Å²) in [4.78, 5) is 21.1. The fraction of sp³-hybridized carbons (Fsp3) is 0. The molecule has 0 unspecified atom stereocenters. The molecule has 6 heteroatoms. The third kappa shape index (κ3) is 6.05. The van der Waals surface area contributed by atoms with Crippen molar-refractivity contribution < 1.29 is 8.83 Å². The average molecular weight is 869 g/mol. The molecule has 0 aliphatic heterocycles. The zero-order valence-corrected chi connectivity index (χ0v) is 36.4. The predicted molar refractivity (Wildman–Crippen MR) is 277 cm³/mol. The monoisotopic (exact) mass is 868 g/mol. The van der Waals surface area contributed by atoms with Crippen LogP contribution in [0.3, 0.4) is 0 Å². The van der Waals surface area contributed by atoms with E-state index >= 15 is 0 Å². The van der Waals surface area contributed by atoms with Gasteiger partial charge >= 0.3 is 0 Å². The van der Waals surface area contributed by atoms with E-state index in [1.807, 2.05) is 18.2 Å². The number of benzene rings is 11. The van der Waals surface area contributed by atoms with Crippen molar-refractivity contribution in [3.63, 3.8) is 0 Å². The van der Waals surface area contributed by atoms with Gasteiger partial charge in [-0.15, -0.1) is 0 Å². The smallest absolute Gasteiger partial charge is 0.227 e. The molecule has 14 rings (SSSR count). The van der Waals surface area contributed by atoms with Crippen molar-refractivity contribution in [2.24, 2.45) is 0 Å². The molecule has 0 aliphatic rings. The summed E-state index contributed by atoms with van der Waals surface area (Å²) in [5.41, 5.74) is 12.8. The van der Waals surface area contributed by atoms with Gasteiger partial charge in [0.2, 0.25) is 11.8 Å². The highest BCUT2D eigenvalue weighted by atomic mass is 16.4. The van der Waals surface area contributed by atoms with Crippen LogP contribution in [0.1, 0.15) is 0 Å². The van der Waals surface area contributed by atoms with Crippen LogP contribution in [0.2, 0.25) is 0 Å². The number of rotatable bonds is 6. The summed E-state index contributed by atoms with van der Waals surface area (Å²) in [5.74, 6) is 1.74. The van der Waals surface area contributed by atoms with E-state index in [4.69, 9.17) is 28.8 Å². The molecule has 0 atom stereocenters. The quantitative estimate of drug-likeness (QED) is 0.155. The van der Waals surface area contributed by atoms with Crippen LogP contribution in [0.5, 0.6) is 0 Å². The van der Waals surface area contributed by atoms with Crippen molar-refractivity contribution in [2.45, 2.75) is 0 Å². The molecule has 6 nitrogen and oxygen atoms in total. The molecule has 14 aromatic rings. The van der Waals surface area contributed by atoms with Gasteiger partial charge in [0.05, 0.1) is 11.2 Å². The molecule has 3 heterocycles. The number of nitrogens with zero attached hydrogens (tertiary/aromatic N) is 4. The Kier molecular flexibility index (Phi) is 8.48. The lowest BCUT2D eigenvalue weighted by atomic mass is 9.93. The lowest BCUT2D eigenvalue weighted by molar-refractivity contribution is 0.622. The second kappa shape index (κ2) is 15.2. The van der Waals surface area contributed by atoms with Crippen molar-refractivity contribution in [1.82, 2.24) is 19.9 Å². The summed E-state index contributed by atoms with van der Waals surface area (Å²) in [6.07, 6.45) is 0. The normalized spacial score (nSPS) is 11.8. The van der Waals surface area contributed by atoms with E-state index in [-0.39, 0.29) is 0 Å². The minimum absolute atomic E-state index is 0.563. The Morgan fingerprint density at radius 2 is 0.662 bits per heavy atom. The summed E-state index contributed by atoms with van der Waals surface area (Å²) < 4.78 is 13.3. The third-order valence-electron chi connectivity index (χ3n) is 13.3. The van der Waals surface area contributed by atoms with Gasteiger partial charge in [0.15, 0.2) is 17.0 Å².